The molecule has 0 heterocycles. The minimum Gasteiger partial charge on any atom is -0.489 e. The minimum atomic E-state index is -0.0632. The molecule has 0 aliphatic carbocycles. The maximum atomic E-state index is 5.97. The molecule has 100 valence electrons. The van der Waals surface area contributed by atoms with Gasteiger partial charge in [0.05, 0.1) is 0 Å². The predicted octanol–water partition coefficient (Wildman–Crippen LogP) is 4.81. The summed E-state index contributed by atoms with van der Waals surface area (Å²) in [4.78, 5) is 0. The van der Waals surface area contributed by atoms with Crippen LogP contribution in [0.25, 0.3) is 0 Å². The molecule has 19 heavy (non-hydrogen) atoms. The van der Waals surface area contributed by atoms with E-state index in [1.807, 2.05) is 49.4 Å². The zero-order chi connectivity index (χ0) is 13.8. The Morgan fingerprint density at radius 2 is 1.89 bits per heavy atom. The third-order valence-electron chi connectivity index (χ3n) is 2.80. The number of halogens is 2. The van der Waals surface area contributed by atoms with Crippen molar-refractivity contribution in [2.24, 2.45) is 5.73 Å². The molecule has 1 atom stereocenters. The maximum absolute atomic E-state index is 5.97. The van der Waals surface area contributed by atoms with Crippen molar-refractivity contribution >= 4 is 31.9 Å². The van der Waals surface area contributed by atoms with Gasteiger partial charge >= 0.3 is 0 Å². The summed E-state index contributed by atoms with van der Waals surface area (Å²) < 4.78 is 7.95. The van der Waals surface area contributed by atoms with E-state index in [1.54, 1.807) is 0 Å². The molecule has 0 aliphatic rings. The van der Waals surface area contributed by atoms with Crippen LogP contribution < -0.4 is 10.5 Å². The monoisotopic (exact) mass is 383 g/mol. The summed E-state index contributed by atoms with van der Waals surface area (Å²) in [5, 5.41) is 0. The summed E-state index contributed by atoms with van der Waals surface area (Å²) in [7, 11) is 0. The van der Waals surface area contributed by atoms with Crippen molar-refractivity contribution in [3.63, 3.8) is 0 Å². The van der Waals surface area contributed by atoms with Gasteiger partial charge in [-0.15, -0.1) is 0 Å². The van der Waals surface area contributed by atoms with Crippen molar-refractivity contribution in [2.75, 3.05) is 0 Å². The Hall–Kier alpha value is -0.840. The van der Waals surface area contributed by atoms with E-state index in [9.17, 15) is 0 Å². The molecule has 0 fully saturated rings. The first-order valence-corrected chi connectivity index (χ1v) is 7.58. The molecule has 0 amide bonds. The largest absolute Gasteiger partial charge is 0.489 e. The highest BCUT2D eigenvalue weighted by molar-refractivity contribution is 9.10. The molecule has 0 spiro atoms. The molecule has 0 bridgehead atoms. The zero-order valence-corrected chi connectivity index (χ0v) is 13.7. The highest BCUT2D eigenvalue weighted by atomic mass is 79.9. The van der Waals surface area contributed by atoms with Crippen LogP contribution in [0.2, 0.25) is 0 Å². The number of nitrogens with two attached hydrogens (primary N) is 1. The van der Waals surface area contributed by atoms with Gasteiger partial charge in [0.15, 0.2) is 0 Å². The van der Waals surface area contributed by atoms with E-state index >= 15 is 0 Å². The lowest BCUT2D eigenvalue weighted by molar-refractivity contribution is 0.300. The molecule has 0 saturated heterocycles. The molecule has 2 N–H and O–H groups in total. The van der Waals surface area contributed by atoms with Crippen molar-refractivity contribution < 1.29 is 4.74 Å². The van der Waals surface area contributed by atoms with Gasteiger partial charge in [-0.3, -0.25) is 0 Å². The van der Waals surface area contributed by atoms with Gasteiger partial charge in [0, 0.05) is 26.1 Å². The van der Waals surface area contributed by atoms with Crippen LogP contribution in [0.1, 0.15) is 24.1 Å². The van der Waals surface area contributed by atoms with E-state index in [4.69, 9.17) is 10.5 Å². The summed E-state index contributed by atoms with van der Waals surface area (Å²) in [6.45, 7) is 2.47. The van der Waals surface area contributed by atoms with Crippen LogP contribution in [-0.2, 0) is 6.61 Å². The third kappa shape index (κ3) is 3.81. The summed E-state index contributed by atoms with van der Waals surface area (Å²) in [5.74, 6) is 0.828. The molecule has 0 aliphatic heterocycles. The standard InChI is InChI=1S/C15H15Br2NO/c1-10(18)13-8-12(16)6-7-15(13)19-9-11-4-2-3-5-14(11)17/h2-8,10H,9,18H2,1H3/t10-/m0/s1. The first-order chi connectivity index (χ1) is 9.08. The maximum Gasteiger partial charge on any atom is 0.124 e. The van der Waals surface area contributed by atoms with Gasteiger partial charge < -0.3 is 10.5 Å². The molecule has 2 rings (SSSR count). The molecule has 0 aromatic heterocycles. The minimum absolute atomic E-state index is 0.0632. The summed E-state index contributed by atoms with van der Waals surface area (Å²) >= 11 is 6.97. The average molecular weight is 385 g/mol. The molecule has 0 radical (unpaired) electrons. The van der Waals surface area contributed by atoms with Crippen molar-refractivity contribution in [1.82, 2.24) is 0 Å². The number of rotatable bonds is 4. The lowest BCUT2D eigenvalue weighted by Gasteiger charge is -2.15. The van der Waals surface area contributed by atoms with E-state index in [-0.39, 0.29) is 6.04 Å². The van der Waals surface area contributed by atoms with Crippen LogP contribution in [0, 0.1) is 0 Å². The molecule has 2 nitrogen and oxygen atoms in total. The third-order valence-corrected chi connectivity index (χ3v) is 4.07. The predicted molar refractivity (Wildman–Crippen MR) is 85.2 cm³/mol. The number of benzene rings is 2. The Kier molecular flexibility index (Phi) is 5.02. The zero-order valence-electron chi connectivity index (χ0n) is 10.6. The van der Waals surface area contributed by atoms with Gasteiger partial charge in [0.2, 0.25) is 0 Å². The van der Waals surface area contributed by atoms with Crippen molar-refractivity contribution in [3.05, 3.63) is 62.5 Å². The molecular weight excluding hydrogens is 370 g/mol. The molecule has 2 aromatic rings. The van der Waals surface area contributed by atoms with E-state index in [1.165, 1.54) is 0 Å². The quantitative estimate of drug-likeness (QED) is 0.820. The summed E-state index contributed by atoms with van der Waals surface area (Å²) in [6, 6.07) is 13.9. The van der Waals surface area contributed by atoms with Crippen molar-refractivity contribution in [3.8, 4) is 5.75 Å². The van der Waals surface area contributed by atoms with E-state index in [0.29, 0.717) is 6.61 Å². The normalized spacial score (nSPS) is 12.2. The fourth-order valence-electron chi connectivity index (χ4n) is 1.78. The second-order valence-electron chi connectivity index (χ2n) is 4.35. The lowest BCUT2D eigenvalue weighted by atomic mass is 10.1. The Labute approximate surface area is 130 Å². The van der Waals surface area contributed by atoms with Crippen LogP contribution in [0.5, 0.6) is 5.75 Å². The first kappa shape index (κ1) is 14.6. The van der Waals surface area contributed by atoms with Gasteiger partial charge in [0.1, 0.15) is 12.4 Å². The SMILES string of the molecule is C[C@H](N)c1cc(Br)ccc1OCc1ccccc1Br. The smallest absolute Gasteiger partial charge is 0.124 e. The Morgan fingerprint density at radius 1 is 1.16 bits per heavy atom. The fraction of sp³-hybridized carbons (Fsp3) is 0.200. The Bertz CT molecular complexity index is 570. The number of hydrogen-bond donors (Lipinski definition) is 1. The number of ether oxygens (including phenoxy) is 1. The van der Waals surface area contributed by atoms with E-state index in [2.05, 4.69) is 31.9 Å². The topological polar surface area (TPSA) is 35.2 Å². The van der Waals surface area contributed by atoms with Gasteiger partial charge in [-0.05, 0) is 31.2 Å². The van der Waals surface area contributed by atoms with Crippen LogP contribution in [0.3, 0.4) is 0 Å². The second-order valence-corrected chi connectivity index (χ2v) is 6.12. The summed E-state index contributed by atoms with van der Waals surface area (Å²) in [6.07, 6.45) is 0. The lowest BCUT2D eigenvalue weighted by Crippen LogP contribution is -2.08. The van der Waals surface area contributed by atoms with E-state index < -0.39 is 0 Å². The van der Waals surface area contributed by atoms with Gasteiger partial charge in [0.25, 0.3) is 0 Å². The van der Waals surface area contributed by atoms with Crippen LogP contribution >= 0.6 is 31.9 Å². The van der Waals surface area contributed by atoms with Crippen molar-refractivity contribution in [2.45, 2.75) is 19.6 Å². The van der Waals surface area contributed by atoms with Crippen LogP contribution in [0.15, 0.2) is 51.4 Å². The summed E-state index contributed by atoms with van der Waals surface area (Å²) in [5.41, 5.74) is 8.09. The fourth-order valence-corrected chi connectivity index (χ4v) is 2.56. The molecular formula is C15H15Br2NO. The highest BCUT2D eigenvalue weighted by Gasteiger charge is 2.09. The Balaban J connectivity index is 2.18. The van der Waals surface area contributed by atoms with Gasteiger partial charge in [-0.2, -0.15) is 0 Å². The highest BCUT2D eigenvalue weighted by Crippen LogP contribution is 2.28. The molecule has 0 saturated carbocycles. The van der Waals surface area contributed by atoms with E-state index in [0.717, 1.165) is 25.8 Å². The Morgan fingerprint density at radius 3 is 2.58 bits per heavy atom. The van der Waals surface area contributed by atoms with Crippen LogP contribution in [-0.4, -0.2) is 0 Å². The van der Waals surface area contributed by atoms with Gasteiger partial charge in [-0.1, -0.05) is 50.1 Å². The average Bonchev–Trinajstić information content (AvgIpc) is 2.38. The van der Waals surface area contributed by atoms with Gasteiger partial charge in [-0.25, -0.2) is 0 Å². The molecule has 4 heteroatoms. The number of hydrogen-bond acceptors (Lipinski definition) is 2. The van der Waals surface area contributed by atoms with Crippen molar-refractivity contribution in [1.29, 1.82) is 0 Å². The van der Waals surface area contributed by atoms with Crippen LogP contribution in [0.4, 0.5) is 0 Å². The molecule has 2 aromatic carbocycles. The first-order valence-electron chi connectivity index (χ1n) is 5.99. The second kappa shape index (κ2) is 6.55. The molecule has 0 unspecified atom stereocenters.